The molecule has 3 aromatic carbocycles. The highest BCUT2D eigenvalue weighted by Gasteiger charge is 2.16. The van der Waals surface area contributed by atoms with Crippen LogP contribution in [0.15, 0.2) is 65.8 Å². The van der Waals surface area contributed by atoms with E-state index >= 15 is 0 Å². The molecule has 0 aliphatic carbocycles. The highest BCUT2D eigenvalue weighted by atomic mass is 35.5. The number of carbonyl (C=O) groups is 2. The monoisotopic (exact) mass is 468 g/mol. The number of nitrogens with one attached hydrogen (secondary N) is 1. The van der Waals surface area contributed by atoms with E-state index in [4.69, 9.17) is 30.5 Å². The molecular formula is C24H21ClN2O6. The third-order valence-corrected chi connectivity index (χ3v) is 4.73. The maximum atomic E-state index is 12.5. The van der Waals surface area contributed by atoms with Crippen molar-refractivity contribution in [3.05, 3.63) is 82.4 Å². The Morgan fingerprint density at radius 3 is 2.00 bits per heavy atom. The van der Waals surface area contributed by atoms with Crippen molar-refractivity contribution in [1.82, 2.24) is 5.43 Å². The number of ether oxygens (including phenoxy) is 4. The summed E-state index contributed by atoms with van der Waals surface area (Å²) in [6, 6.07) is 16.1. The van der Waals surface area contributed by atoms with Gasteiger partial charge in [0.05, 0.1) is 33.1 Å². The van der Waals surface area contributed by atoms with E-state index in [-0.39, 0.29) is 5.56 Å². The number of methoxy groups -OCH3 is 3. The van der Waals surface area contributed by atoms with Crippen LogP contribution in [0.3, 0.4) is 0 Å². The molecule has 170 valence electrons. The molecule has 3 aromatic rings. The summed E-state index contributed by atoms with van der Waals surface area (Å²) in [7, 11) is 4.41. The molecule has 0 unspecified atom stereocenters. The van der Waals surface area contributed by atoms with Gasteiger partial charge in [-0.3, -0.25) is 4.79 Å². The van der Waals surface area contributed by atoms with Crippen LogP contribution in [-0.2, 0) is 0 Å². The lowest BCUT2D eigenvalue weighted by molar-refractivity contribution is 0.0734. The van der Waals surface area contributed by atoms with Crippen LogP contribution < -0.4 is 24.4 Å². The van der Waals surface area contributed by atoms with E-state index in [9.17, 15) is 9.59 Å². The van der Waals surface area contributed by atoms with Crippen molar-refractivity contribution in [3.8, 4) is 23.0 Å². The summed E-state index contributed by atoms with van der Waals surface area (Å²) in [5, 5.41) is 4.50. The fraction of sp³-hybridized carbons (Fsp3) is 0.125. The molecule has 9 heteroatoms. The lowest BCUT2D eigenvalue weighted by Gasteiger charge is -2.13. The van der Waals surface area contributed by atoms with E-state index in [2.05, 4.69) is 10.5 Å². The number of carbonyl (C=O) groups excluding carboxylic acids is 2. The van der Waals surface area contributed by atoms with Crippen molar-refractivity contribution >= 4 is 29.7 Å². The zero-order valence-electron chi connectivity index (χ0n) is 18.1. The van der Waals surface area contributed by atoms with Gasteiger partial charge in [0.15, 0.2) is 11.5 Å². The summed E-state index contributed by atoms with van der Waals surface area (Å²) in [4.78, 5) is 24.6. The van der Waals surface area contributed by atoms with Crippen molar-refractivity contribution in [1.29, 1.82) is 0 Å². The summed E-state index contributed by atoms with van der Waals surface area (Å²) in [6.07, 6.45) is 1.46. The van der Waals surface area contributed by atoms with E-state index in [1.807, 2.05) is 0 Å². The lowest BCUT2D eigenvalue weighted by Crippen LogP contribution is -2.18. The highest BCUT2D eigenvalue weighted by molar-refractivity contribution is 6.30. The Balaban J connectivity index is 1.62. The van der Waals surface area contributed by atoms with Gasteiger partial charge in [0.1, 0.15) is 5.75 Å². The van der Waals surface area contributed by atoms with Crippen molar-refractivity contribution in [2.45, 2.75) is 0 Å². The van der Waals surface area contributed by atoms with E-state index in [0.717, 1.165) is 0 Å². The Morgan fingerprint density at radius 2 is 1.45 bits per heavy atom. The Bertz CT molecular complexity index is 1140. The van der Waals surface area contributed by atoms with E-state index < -0.39 is 11.9 Å². The number of hydrazone groups is 1. The van der Waals surface area contributed by atoms with Crippen LogP contribution in [0.25, 0.3) is 0 Å². The van der Waals surface area contributed by atoms with Crippen LogP contribution in [0, 0.1) is 0 Å². The lowest BCUT2D eigenvalue weighted by atomic mass is 10.1. The topological polar surface area (TPSA) is 95.5 Å². The number of hydrogen-bond acceptors (Lipinski definition) is 7. The van der Waals surface area contributed by atoms with Crippen LogP contribution in [0.2, 0.25) is 5.02 Å². The SMILES string of the molecule is COc1cc(C(=O)NN=Cc2ccc(OC(=O)c3ccc(Cl)cc3)cc2)cc(OC)c1OC. The first-order chi connectivity index (χ1) is 15.9. The smallest absolute Gasteiger partial charge is 0.343 e. The fourth-order valence-electron chi connectivity index (χ4n) is 2.82. The van der Waals surface area contributed by atoms with Gasteiger partial charge in [0, 0.05) is 10.6 Å². The first-order valence-electron chi connectivity index (χ1n) is 9.66. The Labute approximate surface area is 195 Å². The second-order valence-electron chi connectivity index (χ2n) is 6.58. The van der Waals surface area contributed by atoms with E-state index in [0.29, 0.717) is 39.1 Å². The van der Waals surface area contributed by atoms with Crippen LogP contribution >= 0.6 is 11.6 Å². The number of benzene rings is 3. The molecule has 0 bridgehead atoms. The Morgan fingerprint density at radius 1 is 0.848 bits per heavy atom. The van der Waals surface area contributed by atoms with Crippen LogP contribution in [0.4, 0.5) is 0 Å². The molecule has 0 fully saturated rings. The molecule has 0 aliphatic rings. The molecule has 8 nitrogen and oxygen atoms in total. The second-order valence-corrected chi connectivity index (χ2v) is 7.02. The summed E-state index contributed by atoms with van der Waals surface area (Å²) >= 11 is 5.82. The predicted molar refractivity (Wildman–Crippen MR) is 124 cm³/mol. The average molecular weight is 469 g/mol. The summed E-state index contributed by atoms with van der Waals surface area (Å²) in [5.41, 5.74) is 3.80. The van der Waals surface area contributed by atoms with Crippen LogP contribution in [0.5, 0.6) is 23.0 Å². The van der Waals surface area contributed by atoms with Gasteiger partial charge in [-0.25, -0.2) is 10.2 Å². The third-order valence-electron chi connectivity index (χ3n) is 4.48. The molecule has 0 radical (unpaired) electrons. The first kappa shape index (κ1) is 23.6. The van der Waals surface area contributed by atoms with Gasteiger partial charge in [-0.2, -0.15) is 5.10 Å². The van der Waals surface area contributed by atoms with Gasteiger partial charge in [0.25, 0.3) is 5.91 Å². The molecule has 0 aliphatic heterocycles. The molecule has 1 N–H and O–H groups in total. The molecule has 33 heavy (non-hydrogen) atoms. The van der Waals surface area contributed by atoms with Crippen LogP contribution in [-0.4, -0.2) is 39.4 Å². The van der Waals surface area contributed by atoms with Gasteiger partial charge >= 0.3 is 5.97 Å². The zero-order chi connectivity index (χ0) is 23.8. The first-order valence-corrected chi connectivity index (χ1v) is 10.0. The standard InChI is InChI=1S/C24H21ClN2O6/c1-30-20-12-17(13-21(31-2)22(20)32-3)23(28)27-26-14-15-4-10-19(11-5-15)33-24(29)16-6-8-18(25)9-7-16/h4-14H,1-3H3,(H,27,28). The fourth-order valence-corrected chi connectivity index (χ4v) is 2.94. The minimum atomic E-state index is -0.495. The second kappa shape index (κ2) is 11.0. The highest BCUT2D eigenvalue weighted by Crippen LogP contribution is 2.38. The van der Waals surface area contributed by atoms with Crippen molar-refractivity contribution < 1.29 is 28.5 Å². The third kappa shape index (κ3) is 6.02. The molecule has 0 saturated heterocycles. The maximum absolute atomic E-state index is 12.5. The van der Waals surface area contributed by atoms with Gasteiger partial charge < -0.3 is 18.9 Å². The normalized spacial score (nSPS) is 10.5. The minimum absolute atomic E-state index is 0.283. The number of amides is 1. The number of nitrogens with zero attached hydrogens (tertiary/aromatic N) is 1. The molecule has 0 atom stereocenters. The van der Waals surface area contributed by atoms with Crippen molar-refractivity contribution in [3.63, 3.8) is 0 Å². The van der Waals surface area contributed by atoms with Crippen molar-refractivity contribution in [2.75, 3.05) is 21.3 Å². The van der Waals surface area contributed by atoms with Crippen LogP contribution in [0.1, 0.15) is 26.3 Å². The molecule has 0 heterocycles. The van der Waals surface area contributed by atoms with Gasteiger partial charge in [-0.15, -0.1) is 0 Å². The predicted octanol–water partition coefficient (Wildman–Crippen LogP) is 4.35. The molecule has 0 aromatic heterocycles. The van der Waals surface area contributed by atoms with Gasteiger partial charge in [-0.1, -0.05) is 11.6 Å². The average Bonchev–Trinajstić information content (AvgIpc) is 2.84. The number of esters is 1. The Kier molecular flexibility index (Phi) is 7.88. The number of halogens is 1. The summed E-state index contributed by atoms with van der Waals surface area (Å²) in [6.45, 7) is 0. The number of rotatable bonds is 8. The van der Waals surface area contributed by atoms with Gasteiger partial charge in [-0.05, 0) is 66.2 Å². The van der Waals surface area contributed by atoms with E-state index in [1.165, 1.54) is 39.7 Å². The summed E-state index contributed by atoms with van der Waals surface area (Å²) in [5.74, 6) is 0.514. The Hall–Kier alpha value is -4.04. The molecular weight excluding hydrogens is 448 g/mol. The molecule has 3 rings (SSSR count). The zero-order valence-corrected chi connectivity index (χ0v) is 18.9. The quantitative estimate of drug-likeness (QED) is 0.228. The minimum Gasteiger partial charge on any atom is -0.493 e. The molecule has 0 spiro atoms. The number of hydrogen-bond donors (Lipinski definition) is 1. The largest absolute Gasteiger partial charge is 0.493 e. The molecule has 1 amide bonds. The van der Waals surface area contributed by atoms with Gasteiger partial charge in [0.2, 0.25) is 5.75 Å². The van der Waals surface area contributed by atoms with E-state index in [1.54, 1.807) is 48.5 Å². The maximum Gasteiger partial charge on any atom is 0.343 e. The summed E-state index contributed by atoms with van der Waals surface area (Å²) < 4.78 is 21.1. The molecule has 0 saturated carbocycles. The van der Waals surface area contributed by atoms with Crippen molar-refractivity contribution in [2.24, 2.45) is 5.10 Å².